The van der Waals surface area contributed by atoms with Gasteiger partial charge in [-0.3, -0.25) is 4.79 Å². The molecule has 16 heavy (non-hydrogen) atoms. The largest absolute Gasteiger partial charge is 0.476 e. The van der Waals surface area contributed by atoms with Crippen LogP contribution >= 0.6 is 11.8 Å². The van der Waals surface area contributed by atoms with Gasteiger partial charge in [0.05, 0.1) is 19.9 Å². The first-order chi connectivity index (χ1) is 7.76. The molecule has 0 atom stereocenters. The minimum absolute atomic E-state index is 0.190. The number of thioether (sulfide) groups is 1. The molecule has 1 aromatic rings. The number of hydrogen-bond donors (Lipinski definition) is 0. The first-order valence-corrected chi connectivity index (χ1v) is 5.62. The Balaban J connectivity index is 2.60. The van der Waals surface area contributed by atoms with Crippen molar-refractivity contribution in [3.8, 4) is 0 Å². The van der Waals surface area contributed by atoms with Crippen LogP contribution in [0.1, 0.15) is 0 Å². The van der Waals surface area contributed by atoms with E-state index in [0.717, 1.165) is 5.69 Å². The standard InChI is InChI=1S/C11H13NO3S/c1-14-10(13)8-16-11(15-2)12-9-6-4-3-5-7-9/h3-7H,8H2,1-2H3. The molecule has 0 saturated carbocycles. The minimum Gasteiger partial charge on any atom is -0.476 e. The Morgan fingerprint density at radius 1 is 1.25 bits per heavy atom. The fourth-order valence-electron chi connectivity index (χ4n) is 0.924. The summed E-state index contributed by atoms with van der Waals surface area (Å²) in [6.45, 7) is 0. The highest BCUT2D eigenvalue weighted by Gasteiger charge is 2.05. The monoisotopic (exact) mass is 239 g/mol. The van der Waals surface area contributed by atoms with E-state index in [4.69, 9.17) is 4.74 Å². The highest BCUT2D eigenvalue weighted by Crippen LogP contribution is 2.15. The summed E-state index contributed by atoms with van der Waals surface area (Å²) in [6.07, 6.45) is 0. The van der Waals surface area contributed by atoms with E-state index in [0.29, 0.717) is 5.23 Å². The summed E-state index contributed by atoms with van der Waals surface area (Å²) in [5.74, 6) is -0.112. The smallest absolute Gasteiger partial charge is 0.316 e. The Kier molecular flexibility index (Phi) is 5.42. The number of benzene rings is 1. The fraction of sp³-hybridized carbons (Fsp3) is 0.273. The molecule has 0 spiro atoms. The van der Waals surface area contributed by atoms with Crippen molar-refractivity contribution in [2.24, 2.45) is 4.99 Å². The van der Waals surface area contributed by atoms with Crippen molar-refractivity contribution in [2.45, 2.75) is 0 Å². The topological polar surface area (TPSA) is 47.9 Å². The molecule has 4 nitrogen and oxygen atoms in total. The van der Waals surface area contributed by atoms with E-state index in [9.17, 15) is 4.79 Å². The number of methoxy groups -OCH3 is 2. The molecule has 0 aliphatic rings. The van der Waals surface area contributed by atoms with Gasteiger partial charge >= 0.3 is 5.97 Å². The Morgan fingerprint density at radius 3 is 2.50 bits per heavy atom. The minimum atomic E-state index is -0.303. The molecule has 0 bridgehead atoms. The van der Waals surface area contributed by atoms with Crippen molar-refractivity contribution in [3.05, 3.63) is 30.3 Å². The first-order valence-electron chi connectivity index (χ1n) is 4.63. The van der Waals surface area contributed by atoms with Crippen molar-refractivity contribution in [2.75, 3.05) is 20.0 Å². The maximum atomic E-state index is 10.9. The summed E-state index contributed by atoms with van der Waals surface area (Å²) in [4.78, 5) is 15.2. The molecule has 0 saturated heterocycles. The summed E-state index contributed by atoms with van der Waals surface area (Å²) in [5, 5.41) is 0.441. The van der Waals surface area contributed by atoms with E-state index in [1.54, 1.807) is 0 Å². The molecule has 0 fully saturated rings. The molecule has 0 heterocycles. The summed E-state index contributed by atoms with van der Waals surface area (Å²) in [7, 11) is 2.87. The van der Waals surface area contributed by atoms with Crippen LogP contribution in [0, 0.1) is 0 Å². The Bertz CT molecular complexity index is 365. The molecule has 0 radical (unpaired) electrons. The zero-order valence-corrected chi connectivity index (χ0v) is 9.99. The molecule has 0 unspecified atom stereocenters. The van der Waals surface area contributed by atoms with E-state index >= 15 is 0 Å². The van der Waals surface area contributed by atoms with Crippen LogP contribution in [0.5, 0.6) is 0 Å². The van der Waals surface area contributed by atoms with Crippen LogP contribution in [0.15, 0.2) is 35.3 Å². The van der Waals surface area contributed by atoms with Crippen molar-refractivity contribution in [3.63, 3.8) is 0 Å². The number of esters is 1. The van der Waals surface area contributed by atoms with Gasteiger partial charge in [0, 0.05) is 0 Å². The van der Waals surface area contributed by atoms with Crippen LogP contribution in [0.25, 0.3) is 0 Å². The highest BCUT2D eigenvalue weighted by molar-refractivity contribution is 8.14. The second-order valence-electron chi connectivity index (χ2n) is 2.78. The van der Waals surface area contributed by atoms with Gasteiger partial charge in [0.15, 0.2) is 0 Å². The molecule has 86 valence electrons. The highest BCUT2D eigenvalue weighted by atomic mass is 32.2. The van der Waals surface area contributed by atoms with Gasteiger partial charge in [0.2, 0.25) is 0 Å². The van der Waals surface area contributed by atoms with Crippen LogP contribution in [0.4, 0.5) is 5.69 Å². The second kappa shape index (κ2) is 6.90. The Morgan fingerprint density at radius 2 is 1.94 bits per heavy atom. The third kappa shape index (κ3) is 4.35. The lowest BCUT2D eigenvalue weighted by atomic mass is 10.3. The maximum Gasteiger partial charge on any atom is 0.316 e. The number of hydrogen-bond acceptors (Lipinski definition) is 5. The zero-order valence-electron chi connectivity index (χ0n) is 9.17. The van der Waals surface area contributed by atoms with Gasteiger partial charge < -0.3 is 9.47 Å². The van der Waals surface area contributed by atoms with Crippen LogP contribution < -0.4 is 0 Å². The molecule has 1 aromatic carbocycles. The predicted octanol–water partition coefficient (Wildman–Crippen LogP) is 2.23. The Labute approximate surface area is 98.7 Å². The van der Waals surface area contributed by atoms with Gasteiger partial charge in [0.1, 0.15) is 5.75 Å². The number of para-hydroxylation sites is 1. The number of carbonyl (C=O) groups excluding carboxylic acids is 1. The first kappa shape index (κ1) is 12.6. The van der Waals surface area contributed by atoms with Crippen LogP contribution in [0.3, 0.4) is 0 Å². The molecule has 0 N–H and O–H groups in total. The molecule has 0 aliphatic carbocycles. The number of ether oxygens (including phenoxy) is 2. The third-order valence-electron chi connectivity index (χ3n) is 1.69. The molecule has 1 rings (SSSR count). The lowest BCUT2D eigenvalue weighted by Gasteiger charge is -2.03. The van der Waals surface area contributed by atoms with E-state index in [-0.39, 0.29) is 11.7 Å². The fourth-order valence-corrected chi connectivity index (χ4v) is 1.57. The summed E-state index contributed by atoms with van der Waals surface area (Å²) in [6, 6.07) is 9.40. The molecule has 0 amide bonds. The maximum absolute atomic E-state index is 10.9. The van der Waals surface area contributed by atoms with Gasteiger partial charge in [0.25, 0.3) is 5.23 Å². The van der Waals surface area contributed by atoms with Crippen LogP contribution in [-0.4, -0.2) is 31.2 Å². The molecule has 0 aliphatic heterocycles. The van der Waals surface area contributed by atoms with Crippen molar-refractivity contribution < 1.29 is 14.3 Å². The number of nitrogens with zero attached hydrogens (tertiary/aromatic N) is 1. The van der Waals surface area contributed by atoms with Crippen molar-refractivity contribution >= 4 is 28.6 Å². The van der Waals surface area contributed by atoms with E-state index in [2.05, 4.69) is 9.73 Å². The van der Waals surface area contributed by atoms with Crippen LogP contribution in [-0.2, 0) is 14.3 Å². The number of rotatable bonds is 3. The van der Waals surface area contributed by atoms with E-state index < -0.39 is 0 Å². The molecular weight excluding hydrogens is 226 g/mol. The average molecular weight is 239 g/mol. The van der Waals surface area contributed by atoms with Crippen LogP contribution in [0.2, 0.25) is 0 Å². The lowest BCUT2D eigenvalue weighted by molar-refractivity contribution is -0.137. The summed E-state index contributed by atoms with van der Waals surface area (Å²) < 4.78 is 9.58. The quantitative estimate of drug-likeness (QED) is 0.461. The SMILES string of the molecule is COC(=O)CSC(=Nc1ccccc1)OC. The molecular formula is C11H13NO3S. The van der Waals surface area contributed by atoms with Gasteiger partial charge in [-0.1, -0.05) is 30.0 Å². The van der Waals surface area contributed by atoms with Gasteiger partial charge in [-0.25, -0.2) is 4.99 Å². The lowest BCUT2D eigenvalue weighted by Crippen LogP contribution is -2.07. The van der Waals surface area contributed by atoms with E-state index in [1.807, 2.05) is 30.3 Å². The average Bonchev–Trinajstić information content (AvgIpc) is 2.35. The predicted molar refractivity (Wildman–Crippen MR) is 65.0 cm³/mol. The van der Waals surface area contributed by atoms with Gasteiger partial charge in [-0.15, -0.1) is 0 Å². The normalized spacial score (nSPS) is 11.0. The second-order valence-corrected chi connectivity index (χ2v) is 3.71. The van der Waals surface area contributed by atoms with Gasteiger partial charge in [-0.05, 0) is 12.1 Å². The molecule has 0 aromatic heterocycles. The van der Waals surface area contributed by atoms with Crippen molar-refractivity contribution in [1.82, 2.24) is 0 Å². The Hall–Kier alpha value is -1.49. The zero-order chi connectivity index (χ0) is 11.8. The number of carbonyl (C=O) groups is 1. The van der Waals surface area contributed by atoms with E-state index in [1.165, 1.54) is 26.0 Å². The molecule has 5 heteroatoms. The summed E-state index contributed by atoms with van der Waals surface area (Å²) in [5.41, 5.74) is 0.789. The van der Waals surface area contributed by atoms with Gasteiger partial charge in [-0.2, -0.15) is 0 Å². The number of aliphatic imine (C=N–C) groups is 1. The summed E-state index contributed by atoms with van der Waals surface area (Å²) >= 11 is 1.20. The van der Waals surface area contributed by atoms with Crippen molar-refractivity contribution in [1.29, 1.82) is 0 Å². The third-order valence-corrected chi connectivity index (χ3v) is 2.58.